The Balaban J connectivity index is 1.85. The predicted octanol–water partition coefficient (Wildman–Crippen LogP) is 4.84. The van der Waals surface area contributed by atoms with Gasteiger partial charge in [0.1, 0.15) is 0 Å². The average Bonchev–Trinajstić information content (AvgIpc) is 2.76. The van der Waals surface area contributed by atoms with Gasteiger partial charge in [-0.25, -0.2) is 0 Å². The van der Waals surface area contributed by atoms with E-state index in [1.54, 1.807) is 36.4 Å². The van der Waals surface area contributed by atoms with Gasteiger partial charge in [0, 0.05) is 12.8 Å². The first kappa shape index (κ1) is 23.7. The molecule has 2 aromatic carbocycles. The molecule has 0 unspecified atom stereocenters. The van der Waals surface area contributed by atoms with E-state index in [2.05, 4.69) is 13.2 Å². The summed E-state index contributed by atoms with van der Waals surface area (Å²) in [6.07, 6.45) is 5.38. The molecular formula is C25H28O6. The van der Waals surface area contributed by atoms with Crippen molar-refractivity contribution < 1.29 is 28.5 Å². The Labute approximate surface area is 183 Å². The van der Waals surface area contributed by atoms with Crippen LogP contribution < -0.4 is 18.9 Å². The number of carbonyl (C=O) groups is 2. The number of carbonyl (C=O) groups excluding carboxylic acids is 2. The van der Waals surface area contributed by atoms with Crippen LogP contribution in [0.2, 0.25) is 0 Å². The van der Waals surface area contributed by atoms with Gasteiger partial charge in [-0.3, -0.25) is 9.59 Å². The minimum Gasteiger partial charge on any atom is -0.493 e. The van der Waals surface area contributed by atoms with Crippen molar-refractivity contribution in [2.24, 2.45) is 0 Å². The molecule has 0 aliphatic carbocycles. The van der Waals surface area contributed by atoms with E-state index in [0.29, 0.717) is 42.3 Å². The van der Waals surface area contributed by atoms with Crippen molar-refractivity contribution in [3.05, 3.63) is 72.8 Å². The number of ether oxygens (including phenoxy) is 4. The summed E-state index contributed by atoms with van der Waals surface area (Å²) in [5, 5.41) is 0. The second-order valence-corrected chi connectivity index (χ2v) is 6.76. The number of hydrogen-bond donors (Lipinski definition) is 0. The molecule has 0 bridgehead atoms. The molecule has 2 aromatic rings. The summed E-state index contributed by atoms with van der Waals surface area (Å²) in [5.74, 6) is 0.723. The maximum atomic E-state index is 12.2. The van der Waals surface area contributed by atoms with Gasteiger partial charge in [-0.2, -0.15) is 0 Å². The van der Waals surface area contributed by atoms with Crippen LogP contribution in [0.4, 0.5) is 0 Å². The molecule has 0 N–H and O–H groups in total. The summed E-state index contributed by atoms with van der Waals surface area (Å²) in [7, 11) is 3.02. The maximum Gasteiger partial charge on any atom is 0.311 e. The van der Waals surface area contributed by atoms with Crippen LogP contribution in [0.3, 0.4) is 0 Å². The second kappa shape index (κ2) is 12.2. The SMILES string of the molecule is C=CCc1ccc(OC(=O)CCCC(=O)Oc2ccc(CC=C)cc2OC)c(OC)c1. The van der Waals surface area contributed by atoms with E-state index < -0.39 is 11.9 Å². The molecule has 6 nitrogen and oxygen atoms in total. The Morgan fingerprint density at radius 2 is 1.16 bits per heavy atom. The summed E-state index contributed by atoms with van der Waals surface area (Å²) in [5.41, 5.74) is 2.00. The lowest BCUT2D eigenvalue weighted by atomic mass is 10.1. The Morgan fingerprint density at radius 1 is 0.742 bits per heavy atom. The van der Waals surface area contributed by atoms with Crippen LogP contribution in [0.5, 0.6) is 23.0 Å². The molecule has 0 aromatic heterocycles. The van der Waals surface area contributed by atoms with Crippen LogP contribution in [0.1, 0.15) is 30.4 Å². The fourth-order valence-electron chi connectivity index (χ4n) is 2.90. The van der Waals surface area contributed by atoms with Gasteiger partial charge in [0.2, 0.25) is 0 Å². The molecular weight excluding hydrogens is 396 g/mol. The highest BCUT2D eigenvalue weighted by Gasteiger charge is 2.14. The van der Waals surface area contributed by atoms with Gasteiger partial charge in [0.05, 0.1) is 14.2 Å². The van der Waals surface area contributed by atoms with Gasteiger partial charge in [-0.05, 0) is 54.7 Å². The first-order chi connectivity index (χ1) is 15.0. The largest absolute Gasteiger partial charge is 0.493 e. The third-order valence-electron chi connectivity index (χ3n) is 4.43. The highest BCUT2D eigenvalue weighted by Crippen LogP contribution is 2.30. The molecule has 6 heteroatoms. The van der Waals surface area contributed by atoms with Crippen molar-refractivity contribution in [2.45, 2.75) is 32.1 Å². The lowest BCUT2D eigenvalue weighted by Crippen LogP contribution is -2.12. The zero-order valence-electron chi connectivity index (χ0n) is 18.0. The van der Waals surface area contributed by atoms with E-state index in [-0.39, 0.29) is 12.8 Å². The summed E-state index contributed by atoms with van der Waals surface area (Å²) in [6.45, 7) is 7.41. The van der Waals surface area contributed by atoms with Crippen LogP contribution in [0.25, 0.3) is 0 Å². The highest BCUT2D eigenvalue weighted by atomic mass is 16.6. The van der Waals surface area contributed by atoms with E-state index in [4.69, 9.17) is 18.9 Å². The van der Waals surface area contributed by atoms with Crippen molar-refractivity contribution in [1.29, 1.82) is 0 Å². The second-order valence-electron chi connectivity index (χ2n) is 6.76. The minimum absolute atomic E-state index is 0.0715. The van der Waals surface area contributed by atoms with E-state index >= 15 is 0 Å². The normalized spacial score (nSPS) is 10.1. The summed E-state index contributed by atoms with van der Waals surface area (Å²) in [6, 6.07) is 10.7. The zero-order chi connectivity index (χ0) is 22.6. The van der Waals surface area contributed by atoms with Crippen molar-refractivity contribution in [2.75, 3.05) is 14.2 Å². The first-order valence-corrected chi connectivity index (χ1v) is 9.97. The zero-order valence-corrected chi connectivity index (χ0v) is 18.0. The van der Waals surface area contributed by atoms with Crippen molar-refractivity contribution in [3.8, 4) is 23.0 Å². The van der Waals surface area contributed by atoms with Gasteiger partial charge < -0.3 is 18.9 Å². The fourth-order valence-corrected chi connectivity index (χ4v) is 2.90. The van der Waals surface area contributed by atoms with Crippen LogP contribution in [-0.4, -0.2) is 26.2 Å². The van der Waals surface area contributed by atoms with Crippen LogP contribution in [-0.2, 0) is 22.4 Å². The van der Waals surface area contributed by atoms with E-state index in [9.17, 15) is 9.59 Å². The summed E-state index contributed by atoms with van der Waals surface area (Å²) >= 11 is 0. The highest BCUT2D eigenvalue weighted by molar-refractivity contribution is 5.76. The van der Waals surface area contributed by atoms with Crippen molar-refractivity contribution in [1.82, 2.24) is 0 Å². The third kappa shape index (κ3) is 7.33. The number of allylic oxidation sites excluding steroid dienone is 2. The fraction of sp³-hybridized carbons (Fsp3) is 0.280. The molecule has 31 heavy (non-hydrogen) atoms. The lowest BCUT2D eigenvalue weighted by molar-refractivity contribution is -0.136. The Kier molecular flexibility index (Phi) is 9.36. The number of esters is 2. The van der Waals surface area contributed by atoms with Gasteiger partial charge in [-0.1, -0.05) is 24.3 Å². The van der Waals surface area contributed by atoms with E-state index in [1.807, 2.05) is 12.1 Å². The molecule has 0 aliphatic rings. The average molecular weight is 424 g/mol. The predicted molar refractivity (Wildman–Crippen MR) is 119 cm³/mol. The number of benzene rings is 2. The molecule has 164 valence electrons. The molecule has 0 heterocycles. The number of methoxy groups -OCH3 is 2. The van der Waals surface area contributed by atoms with Crippen molar-refractivity contribution >= 4 is 11.9 Å². The van der Waals surface area contributed by atoms with Crippen LogP contribution in [0.15, 0.2) is 61.7 Å². The van der Waals surface area contributed by atoms with Gasteiger partial charge >= 0.3 is 11.9 Å². The number of hydrogen-bond acceptors (Lipinski definition) is 6. The topological polar surface area (TPSA) is 71.1 Å². The van der Waals surface area contributed by atoms with E-state index in [1.165, 1.54) is 14.2 Å². The van der Waals surface area contributed by atoms with Crippen LogP contribution in [0, 0.1) is 0 Å². The van der Waals surface area contributed by atoms with E-state index in [0.717, 1.165) is 11.1 Å². The maximum absolute atomic E-state index is 12.2. The molecule has 0 saturated carbocycles. The minimum atomic E-state index is -0.450. The Hall–Kier alpha value is -3.54. The Bertz CT molecular complexity index is 856. The number of rotatable bonds is 12. The molecule has 0 amide bonds. The Morgan fingerprint density at radius 3 is 1.52 bits per heavy atom. The quantitative estimate of drug-likeness (QED) is 0.276. The molecule has 0 aliphatic heterocycles. The molecule has 0 radical (unpaired) electrons. The van der Waals surface area contributed by atoms with Crippen molar-refractivity contribution in [3.63, 3.8) is 0 Å². The molecule has 0 atom stereocenters. The standard InChI is InChI=1S/C25H28O6/c1-5-8-18-12-14-20(22(16-18)28-3)30-24(26)10-7-11-25(27)31-21-15-13-19(9-6-2)17-23(21)29-4/h5-6,12-17H,1-2,7-11H2,3-4H3. The van der Waals surface area contributed by atoms with Gasteiger partial charge in [0.15, 0.2) is 23.0 Å². The molecule has 0 spiro atoms. The monoisotopic (exact) mass is 424 g/mol. The lowest BCUT2D eigenvalue weighted by Gasteiger charge is -2.11. The summed E-state index contributed by atoms with van der Waals surface area (Å²) in [4.78, 5) is 24.3. The van der Waals surface area contributed by atoms with Gasteiger partial charge in [-0.15, -0.1) is 13.2 Å². The first-order valence-electron chi connectivity index (χ1n) is 9.97. The molecule has 2 rings (SSSR count). The molecule has 0 fully saturated rings. The smallest absolute Gasteiger partial charge is 0.311 e. The van der Waals surface area contributed by atoms with Gasteiger partial charge in [0.25, 0.3) is 0 Å². The third-order valence-corrected chi connectivity index (χ3v) is 4.43. The summed E-state index contributed by atoms with van der Waals surface area (Å²) < 4.78 is 21.3. The van der Waals surface area contributed by atoms with Crippen LogP contribution >= 0.6 is 0 Å². The molecule has 0 saturated heterocycles.